The Balaban J connectivity index is 2.09. The molecule has 21 heavy (non-hydrogen) atoms. The number of nitrogens with zero attached hydrogens (tertiary/aromatic N) is 1. The number of ether oxygens (including phenoxy) is 1. The lowest BCUT2D eigenvalue weighted by Crippen LogP contribution is -2.51. The van der Waals surface area contributed by atoms with Crippen LogP contribution in [0, 0.1) is 5.41 Å². The molecule has 1 aromatic carbocycles. The summed E-state index contributed by atoms with van der Waals surface area (Å²) in [6, 6.07) is 7.32. The van der Waals surface area contributed by atoms with Crippen LogP contribution in [-0.4, -0.2) is 43.0 Å². The highest BCUT2D eigenvalue weighted by Crippen LogP contribution is 2.26. The molecule has 1 aliphatic rings. The van der Waals surface area contributed by atoms with Crippen LogP contribution in [0.2, 0.25) is 0 Å². The molecule has 0 unspecified atom stereocenters. The van der Waals surface area contributed by atoms with E-state index in [4.69, 9.17) is 4.74 Å². The fraction of sp³-hybridized carbons (Fsp3) is 0.467. The molecule has 0 aliphatic carbocycles. The topological polar surface area (TPSA) is 58.6 Å². The Morgan fingerprint density at radius 3 is 2.48 bits per heavy atom. The van der Waals surface area contributed by atoms with Gasteiger partial charge in [0.25, 0.3) is 0 Å². The zero-order chi connectivity index (χ0) is 15.5. The molecule has 0 saturated carbocycles. The molecule has 0 aromatic heterocycles. The molecule has 1 fully saturated rings. The van der Waals surface area contributed by atoms with Crippen molar-refractivity contribution >= 4 is 33.4 Å². The van der Waals surface area contributed by atoms with Crippen molar-refractivity contribution in [3.05, 3.63) is 28.7 Å². The quantitative estimate of drug-likeness (QED) is 0.847. The summed E-state index contributed by atoms with van der Waals surface area (Å²) >= 11 is 3.38. The number of nitrogens with one attached hydrogen (secondary N) is 1. The summed E-state index contributed by atoms with van der Waals surface area (Å²) in [5.74, 6) is -0.485. The molecular weight excluding hydrogens is 336 g/mol. The number of morpholine rings is 1. The van der Waals surface area contributed by atoms with Crippen LogP contribution < -0.4 is 5.32 Å². The first-order chi connectivity index (χ1) is 9.93. The molecule has 2 amide bonds. The first-order valence-corrected chi connectivity index (χ1v) is 7.65. The molecule has 6 heteroatoms. The average Bonchev–Trinajstić information content (AvgIpc) is 2.49. The summed E-state index contributed by atoms with van der Waals surface area (Å²) in [7, 11) is 0. The summed E-state index contributed by atoms with van der Waals surface area (Å²) < 4.78 is 6.02. The molecule has 1 saturated heterocycles. The van der Waals surface area contributed by atoms with Crippen LogP contribution in [0.25, 0.3) is 0 Å². The van der Waals surface area contributed by atoms with Crippen molar-refractivity contribution in [2.75, 3.05) is 31.6 Å². The van der Waals surface area contributed by atoms with Gasteiger partial charge in [-0.3, -0.25) is 9.59 Å². The van der Waals surface area contributed by atoms with Gasteiger partial charge >= 0.3 is 0 Å². The van der Waals surface area contributed by atoms with Crippen molar-refractivity contribution in [2.45, 2.75) is 13.8 Å². The number of carbonyl (C=O) groups is 2. The molecule has 1 aromatic rings. The Morgan fingerprint density at radius 2 is 1.86 bits per heavy atom. The molecule has 1 N–H and O–H groups in total. The zero-order valence-electron chi connectivity index (χ0n) is 12.2. The second kappa shape index (κ2) is 6.58. The van der Waals surface area contributed by atoms with E-state index in [0.29, 0.717) is 32.0 Å². The number of anilines is 1. The molecule has 2 rings (SSSR count). The maximum Gasteiger partial charge on any atom is 0.239 e. The van der Waals surface area contributed by atoms with Crippen molar-refractivity contribution in [1.29, 1.82) is 0 Å². The Morgan fingerprint density at radius 1 is 1.24 bits per heavy atom. The number of halogens is 1. The molecule has 114 valence electrons. The highest BCUT2D eigenvalue weighted by molar-refractivity contribution is 9.10. The van der Waals surface area contributed by atoms with E-state index in [1.54, 1.807) is 24.8 Å². The lowest BCUT2D eigenvalue weighted by Gasteiger charge is -2.33. The molecule has 0 atom stereocenters. The van der Waals surface area contributed by atoms with Gasteiger partial charge in [0, 0.05) is 17.6 Å². The molecule has 0 bridgehead atoms. The second-order valence-electron chi connectivity index (χ2n) is 5.46. The molecule has 5 nitrogen and oxygen atoms in total. The molecular formula is C15H19BrN2O3. The fourth-order valence-corrected chi connectivity index (χ4v) is 2.48. The van der Waals surface area contributed by atoms with Crippen molar-refractivity contribution in [1.82, 2.24) is 4.90 Å². The number of amides is 2. The third kappa shape index (κ3) is 3.63. The molecule has 0 radical (unpaired) electrons. The van der Waals surface area contributed by atoms with Crippen LogP contribution in [0.3, 0.4) is 0 Å². The van der Waals surface area contributed by atoms with Gasteiger partial charge in [-0.2, -0.15) is 0 Å². The summed E-state index contributed by atoms with van der Waals surface area (Å²) in [5.41, 5.74) is -0.461. The lowest BCUT2D eigenvalue weighted by molar-refractivity contribution is -0.149. The van der Waals surface area contributed by atoms with Crippen molar-refractivity contribution in [3.8, 4) is 0 Å². The van der Waals surface area contributed by atoms with E-state index >= 15 is 0 Å². The Bertz CT molecular complexity index is 539. The minimum atomic E-state index is -1.12. The highest BCUT2D eigenvalue weighted by atomic mass is 79.9. The van der Waals surface area contributed by atoms with E-state index < -0.39 is 5.41 Å². The number of benzene rings is 1. The van der Waals surface area contributed by atoms with Crippen LogP contribution in [0.4, 0.5) is 5.69 Å². The van der Waals surface area contributed by atoms with Gasteiger partial charge in [0.1, 0.15) is 5.41 Å². The van der Waals surface area contributed by atoms with E-state index in [2.05, 4.69) is 21.2 Å². The summed E-state index contributed by atoms with van der Waals surface area (Å²) in [6.07, 6.45) is 0. The van der Waals surface area contributed by atoms with Crippen LogP contribution >= 0.6 is 15.9 Å². The van der Waals surface area contributed by atoms with Gasteiger partial charge in [-0.25, -0.2) is 0 Å². The Hall–Kier alpha value is -1.40. The minimum absolute atomic E-state index is 0.171. The second-order valence-corrected chi connectivity index (χ2v) is 6.32. The molecule has 1 aliphatic heterocycles. The maximum atomic E-state index is 12.5. The van der Waals surface area contributed by atoms with Gasteiger partial charge in [0.15, 0.2) is 0 Å². The van der Waals surface area contributed by atoms with Gasteiger partial charge in [-0.05, 0) is 41.9 Å². The van der Waals surface area contributed by atoms with Crippen molar-refractivity contribution in [3.63, 3.8) is 0 Å². The maximum absolute atomic E-state index is 12.5. The number of para-hydroxylation sites is 1. The Kier molecular flexibility index (Phi) is 5.00. The van der Waals surface area contributed by atoms with Gasteiger partial charge in [-0.1, -0.05) is 12.1 Å². The van der Waals surface area contributed by atoms with Crippen LogP contribution in [0.15, 0.2) is 28.7 Å². The van der Waals surface area contributed by atoms with E-state index in [9.17, 15) is 9.59 Å². The van der Waals surface area contributed by atoms with E-state index in [0.717, 1.165) is 4.47 Å². The molecule has 0 spiro atoms. The highest BCUT2D eigenvalue weighted by Gasteiger charge is 2.39. The van der Waals surface area contributed by atoms with E-state index in [-0.39, 0.29) is 11.8 Å². The van der Waals surface area contributed by atoms with Crippen LogP contribution in [0.5, 0.6) is 0 Å². The third-order valence-corrected chi connectivity index (χ3v) is 4.21. The fourth-order valence-electron chi connectivity index (χ4n) is 2.10. The first kappa shape index (κ1) is 16.0. The van der Waals surface area contributed by atoms with Gasteiger partial charge in [0.2, 0.25) is 11.8 Å². The monoisotopic (exact) mass is 354 g/mol. The molecule has 1 heterocycles. The number of hydrogen-bond donors (Lipinski definition) is 1. The smallest absolute Gasteiger partial charge is 0.239 e. The first-order valence-electron chi connectivity index (χ1n) is 6.86. The van der Waals surface area contributed by atoms with Gasteiger partial charge in [-0.15, -0.1) is 0 Å². The average molecular weight is 355 g/mol. The number of hydrogen-bond acceptors (Lipinski definition) is 3. The van der Waals surface area contributed by atoms with Gasteiger partial charge in [0.05, 0.1) is 18.9 Å². The largest absolute Gasteiger partial charge is 0.378 e. The number of rotatable bonds is 3. The predicted molar refractivity (Wildman–Crippen MR) is 84.0 cm³/mol. The van der Waals surface area contributed by atoms with Gasteiger partial charge < -0.3 is 15.0 Å². The Labute approximate surface area is 132 Å². The van der Waals surface area contributed by atoms with Crippen LogP contribution in [0.1, 0.15) is 13.8 Å². The summed E-state index contributed by atoms with van der Waals surface area (Å²) in [4.78, 5) is 26.7. The lowest BCUT2D eigenvalue weighted by atomic mass is 9.90. The number of carbonyl (C=O) groups excluding carboxylic acids is 2. The zero-order valence-corrected chi connectivity index (χ0v) is 13.8. The van der Waals surface area contributed by atoms with Crippen molar-refractivity contribution < 1.29 is 14.3 Å². The van der Waals surface area contributed by atoms with Crippen molar-refractivity contribution in [2.24, 2.45) is 5.41 Å². The predicted octanol–water partition coefficient (Wildman–Crippen LogP) is 2.27. The summed E-state index contributed by atoms with van der Waals surface area (Å²) in [5, 5.41) is 2.81. The SMILES string of the molecule is CC(C)(C(=O)Nc1ccccc1Br)C(=O)N1CCOCC1. The van der Waals surface area contributed by atoms with E-state index in [1.165, 1.54) is 0 Å². The standard InChI is InChI=1S/C15H19BrN2O3/c1-15(2,14(20)18-7-9-21-10-8-18)13(19)17-12-6-4-3-5-11(12)16/h3-6H,7-10H2,1-2H3,(H,17,19). The summed E-state index contributed by atoms with van der Waals surface area (Å²) in [6.45, 7) is 5.41. The normalized spacial score (nSPS) is 15.7. The van der Waals surface area contributed by atoms with Crippen LogP contribution in [-0.2, 0) is 14.3 Å². The third-order valence-electron chi connectivity index (χ3n) is 3.52. The minimum Gasteiger partial charge on any atom is -0.378 e. The van der Waals surface area contributed by atoms with E-state index in [1.807, 2.05) is 18.2 Å².